The van der Waals surface area contributed by atoms with E-state index in [0.717, 1.165) is 45.6 Å². The summed E-state index contributed by atoms with van der Waals surface area (Å²) in [7, 11) is 0. The molecule has 0 saturated carbocycles. The van der Waals surface area contributed by atoms with Crippen LogP contribution in [-0.4, -0.2) is 22.3 Å². The lowest BCUT2D eigenvalue weighted by Crippen LogP contribution is -2.30. The van der Waals surface area contributed by atoms with Gasteiger partial charge in [0.05, 0.1) is 16.7 Å². The largest absolute Gasteiger partial charge is 0.331 e. The van der Waals surface area contributed by atoms with Crippen molar-refractivity contribution in [3.63, 3.8) is 0 Å². The molecule has 0 bridgehead atoms. The maximum atomic E-state index is 13.0. The molecule has 122 valence electrons. The van der Waals surface area contributed by atoms with Crippen molar-refractivity contribution in [2.24, 2.45) is 0 Å². The summed E-state index contributed by atoms with van der Waals surface area (Å²) in [6.07, 6.45) is 2.01. The number of halogens is 1. The van der Waals surface area contributed by atoms with Crippen LogP contribution in [0.15, 0.2) is 24.3 Å². The topological polar surface area (TPSA) is 33.2 Å². The van der Waals surface area contributed by atoms with E-state index in [0.29, 0.717) is 5.92 Å². The summed E-state index contributed by atoms with van der Waals surface area (Å²) in [5, 5.41) is 1.75. The average Bonchev–Trinajstić information content (AvgIpc) is 3.13. The Labute approximate surface area is 146 Å². The van der Waals surface area contributed by atoms with E-state index >= 15 is 0 Å². The lowest BCUT2D eigenvalue weighted by molar-refractivity contribution is 0.0739. The Morgan fingerprint density at radius 2 is 2.22 bits per heavy atom. The van der Waals surface area contributed by atoms with Gasteiger partial charge >= 0.3 is 0 Å². The lowest BCUT2D eigenvalue weighted by atomic mass is 10.0. The molecule has 0 spiro atoms. The zero-order valence-corrected chi connectivity index (χ0v) is 15.2. The van der Waals surface area contributed by atoms with Crippen LogP contribution in [0.2, 0.25) is 5.02 Å². The van der Waals surface area contributed by atoms with E-state index < -0.39 is 0 Å². The molecule has 1 atom stereocenters. The number of carbonyl (C=O) groups is 1. The highest BCUT2D eigenvalue weighted by Gasteiger charge is 2.32. The van der Waals surface area contributed by atoms with Crippen LogP contribution in [0.3, 0.4) is 0 Å². The fourth-order valence-electron chi connectivity index (χ4n) is 3.06. The van der Waals surface area contributed by atoms with Gasteiger partial charge in [0.25, 0.3) is 5.91 Å². The molecule has 1 saturated heterocycles. The molecule has 2 heterocycles. The van der Waals surface area contributed by atoms with Crippen LogP contribution >= 0.6 is 22.9 Å². The molecule has 1 aliphatic heterocycles. The number of aromatic nitrogens is 1. The van der Waals surface area contributed by atoms with Crippen molar-refractivity contribution in [1.29, 1.82) is 0 Å². The monoisotopic (exact) mass is 348 g/mol. The number of hydrogen-bond acceptors (Lipinski definition) is 3. The molecule has 1 amide bonds. The third-order valence-electron chi connectivity index (χ3n) is 4.25. The number of carbonyl (C=O) groups excluding carboxylic acids is 1. The summed E-state index contributed by atoms with van der Waals surface area (Å²) in [5.74, 6) is 0.455. The SMILES string of the molecule is Cc1nc(C(C)C)sc1C(=O)N1CCC[C@@H]1c1cccc(Cl)c1. The molecule has 0 radical (unpaired) electrons. The third kappa shape index (κ3) is 3.29. The molecule has 23 heavy (non-hydrogen) atoms. The number of aryl methyl sites for hydroxylation is 1. The van der Waals surface area contributed by atoms with E-state index in [2.05, 4.69) is 24.9 Å². The van der Waals surface area contributed by atoms with Crippen molar-refractivity contribution in [3.05, 3.63) is 50.4 Å². The van der Waals surface area contributed by atoms with Gasteiger partial charge in [-0.1, -0.05) is 37.6 Å². The molecule has 0 unspecified atom stereocenters. The maximum absolute atomic E-state index is 13.0. The van der Waals surface area contributed by atoms with Crippen molar-refractivity contribution in [1.82, 2.24) is 9.88 Å². The summed E-state index contributed by atoms with van der Waals surface area (Å²) >= 11 is 7.65. The second kappa shape index (κ2) is 6.62. The van der Waals surface area contributed by atoms with E-state index in [1.54, 1.807) is 0 Å². The first kappa shape index (κ1) is 16.5. The predicted octanol–water partition coefficient (Wildman–Crippen LogP) is 5.21. The van der Waals surface area contributed by atoms with Crippen LogP contribution in [0, 0.1) is 6.92 Å². The first-order chi connectivity index (χ1) is 11.0. The average molecular weight is 349 g/mol. The van der Waals surface area contributed by atoms with Gasteiger partial charge in [-0.2, -0.15) is 0 Å². The number of nitrogens with zero attached hydrogens (tertiary/aromatic N) is 2. The fourth-order valence-corrected chi connectivity index (χ4v) is 4.29. The Morgan fingerprint density at radius 3 is 2.87 bits per heavy atom. The number of amides is 1. The Balaban J connectivity index is 1.89. The normalized spacial score (nSPS) is 18.0. The minimum absolute atomic E-state index is 0.106. The minimum Gasteiger partial charge on any atom is -0.331 e. The summed E-state index contributed by atoms with van der Waals surface area (Å²) in [6, 6.07) is 7.96. The zero-order valence-electron chi connectivity index (χ0n) is 13.7. The van der Waals surface area contributed by atoms with E-state index in [-0.39, 0.29) is 11.9 Å². The molecule has 3 rings (SSSR count). The van der Waals surface area contributed by atoms with Gasteiger partial charge < -0.3 is 4.90 Å². The van der Waals surface area contributed by atoms with E-state index in [9.17, 15) is 4.79 Å². The molecular formula is C18H21ClN2OS. The van der Waals surface area contributed by atoms with Gasteiger partial charge in [0.1, 0.15) is 4.88 Å². The summed E-state index contributed by atoms with van der Waals surface area (Å²) in [6.45, 7) is 6.94. The molecule has 1 aromatic carbocycles. The number of hydrogen-bond donors (Lipinski definition) is 0. The van der Waals surface area contributed by atoms with Crippen LogP contribution in [0.1, 0.15) is 64.6 Å². The van der Waals surface area contributed by atoms with Crippen molar-refractivity contribution in [3.8, 4) is 0 Å². The Morgan fingerprint density at radius 1 is 1.43 bits per heavy atom. The molecule has 1 fully saturated rings. The molecule has 0 N–H and O–H groups in total. The molecule has 1 aromatic heterocycles. The first-order valence-corrected chi connectivity index (χ1v) is 9.20. The van der Waals surface area contributed by atoms with Crippen molar-refractivity contribution in [2.75, 3.05) is 6.54 Å². The summed E-state index contributed by atoms with van der Waals surface area (Å²) in [4.78, 5) is 20.4. The zero-order chi connectivity index (χ0) is 16.6. The van der Waals surface area contributed by atoms with Crippen LogP contribution in [-0.2, 0) is 0 Å². The highest BCUT2D eigenvalue weighted by molar-refractivity contribution is 7.13. The van der Waals surface area contributed by atoms with Crippen LogP contribution in [0.5, 0.6) is 0 Å². The van der Waals surface area contributed by atoms with Gasteiger partial charge in [-0.25, -0.2) is 4.98 Å². The van der Waals surface area contributed by atoms with Crippen molar-refractivity contribution in [2.45, 2.75) is 45.6 Å². The Kier molecular flexibility index (Phi) is 4.74. The molecular weight excluding hydrogens is 328 g/mol. The predicted molar refractivity (Wildman–Crippen MR) is 95.4 cm³/mol. The van der Waals surface area contributed by atoms with Crippen molar-refractivity contribution >= 4 is 28.8 Å². The molecule has 5 heteroatoms. The molecule has 2 aromatic rings. The van der Waals surface area contributed by atoms with E-state index in [4.69, 9.17) is 11.6 Å². The molecule has 1 aliphatic rings. The van der Waals surface area contributed by atoms with E-state index in [1.807, 2.05) is 30.0 Å². The second-order valence-corrected chi connectivity index (χ2v) is 7.80. The van der Waals surface area contributed by atoms with Gasteiger partial charge in [-0.15, -0.1) is 11.3 Å². The Bertz CT molecular complexity index is 726. The van der Waals surface area contributed by atoms with Gasteiger partial charge in [0.2, 0.25) is 0 Å². The van der Waals surface area contributed by atoms with Gasteiger partial charge in [-0.3, -0.25) is 4.79 Å². The van der Waals surface area contributed by atoms with Crippen LogP contribution in [0.25, 0.3) is 0 Å². The van der Waals surface area contributed by atoms with Gasteiger partial charge in [-0.05, 0) is 37.5 Å². The van der Waals surface area contributed by atoms with Crippen molar-refractivity contribution < 1.29 is 4.79 Å². The van der Waals surface area contributed by atoms with Gasteiger partial charge in [0.15, 0.2) is 0 Å². The Hall–Kier alpha value is -1.39. The smallest absolute Gasteiger partial charge is 0.266 e. The number of rotatable bonds is 3. The third-order valence-corrected chi connectivity index (χ3v) is 5.93. The maximum Gasteiger partial charge on any atom is 0.266 e. The highest BCUT2D eigenvalue weighted by Crippen LogP contribution is 2.36. The lowest BCUT2D eigenvalue weighted by Gasteiger charge is -2.25. The second-order valence-electron chi connectivity index (χ2n) is 6.33. The number of benzene rings is 1. The standard InChI is InChI=1S/C18H21ClN2OS/c1-11(2)17-20-12(3)16(23-17)18(22)21-9-5-8-15(21)13-6-4-7-14(19)10-13/h4,6-7,10-11,15H,5,8-9H2,1-3H3/t15-/m1/s1. The quantitative estimate of drug-likeness (QED) is 0.763. The van der Waals surface area contributed by atoms with Gasteiger partial charge in [0, 0.05) is 17.5 Å². The fraction of sp³-hybridized carbons (Fsp3) is 0.444. The highest BCUT2D eigenvalue weighted by atomic mass is 35.5. The van der Waals surface area contributed by atoms with E-state index in [1.165, 1.54) is 11.3 Å². The number of thiazole rings is 1. The molecule has 3 nitrogen and oxygen atoms in total. The minimum atomic E-state index is 0.106. The van der Waals surface area contributed by atoms with Crippen LogP contribution < -0.4 is 0 Å². The molecule has 0 aliphatic carbocycles. The summed E-state index contributed by atoms with van der Waals surface area (Å²) < 4.78 is 0. The number of likely N-dealkylation sites (tertiary alicyclic amines) is 1. The van der Waals surface area contributed by atoms with Crippen LogP contribution in [0.4, 0.5) is 0 Å². The first-order valence-electron chi connectivity index (χ1n) is 8.01. The summed E-state index contributed by atoms with van der Waals surface area (Å²) in [5.41, 5.74) is 1.97.